The normalized spacial score (nSPS) is 19.3. The first-order valence-electron chi connectivity index (χ1n) is 10.5. The third-order valence-electron chi connectivity index (χ3n) is 6.09. The summed E-state index contributed by atoms with van der Waals surface area (Å²) in [5.74, 6) is -2.85. The molecule has 4 heterocycles. The van der Waals surface area contributed by atoms with Crippen LogP contribution in [0.1, 0.15) is 49.8 Å². The van der Waals surface area contributed by atoms with E-state index >= 15 is 0 Å². The zero-order valence-corrected chi connectivity index (χ0v) is 17.6. The number of aromatic amines is 1. The number of H-pyrrole nitrogens is 1. The highest BCUT2D eigenvalue weighted by Gasteiger charge is 2.33. The van der Waals surface area contributed by atoms with Crippen molar-refractivity contribution in [3.05, 3.63) is 53.4 Å². The van der Waals surface area contributed by atoms with Gasteiger partial charge in [-0.3, -0.25) is 5.10 Å². The summed E-state index contributed by atoms with van der Waals surface area (Å²) in [4.78, 5) is 16.1. The Kier molecular flexibility index (Phi) is 4.93. The van der Waals surface area contributed by atoms with Crippen LogP contribution in [0.25, 0.3) is 27.8 Å². The smallest absolute Gasteiger partial charge is 0.332 e. The van der Waals surface area contributed by atoms with Crippen molar-refractivity contribution in [1.29, 1.82) is 0 Å². The quantitative estimate of drug-likeness (QED) is 0.482. The van der Waals surface area contributed by atoms with E-state index in [4.69, 9.17) is 9.72 Å². The van der Waals surface area contributed by atoms with Gasteiger partial charge in [0.05, 0.1) is 23.8 Å². The molecule has 1 aromatic carbocycles. The summed E-state index contributed by atoms with van der Waals surface area (Å²) in [5, 5.41) is 17.0. The largest absolute Gasteiger partial charge is 0.479 e. The molecule has 7 nitrogen and oxygen atoms in total. The molecule has 0 saturated carbocycles. The van der Waals surface area contributed by atoms with E-state index < -0.39 is 23.7 Å². The van der Waals surface area contributed by atoms with Crippen molar-refractivity contribution >= 4 is 28.0 Å². The SMILES string of the molecule is CC(C)c1c(C2CCC(C(=O)O)OC2)c2nc3[nH]ncc3cc2n1-c1ccc(F)c(F)c1. The number of fused-ring (bicyclic) bond motifs is 2. The molecule has 2 unspecified atom stereocenters. The summed E-state index contributed by atoms with van der Waals surface area (Å²) >= 11 is 0. The van der Waals surface area contributed by atoms with Gasteiger partial charge in [-0.1, -0.05) is 13.8 Å². The number of nitrogens with one attached hydrogen (secondary N) is 1. The lowest BCUT2D eigenvalue weighted by Crippen LogP contribution is -2.31. The van der Waals surface area contributed by atoms with Gasteiger partial charge in [-0.15, -0.1) is 0 Å². The molecular weight excluding hydrogens is 418 g/mol. The Labute approximate surface area is 182 Å². The molecule has 0 amide bonds. The van der Waals surface area contributed by atoms with E-state index in [2.05, 4.69) is 10.2 Å². The second-order valence-electron chi connectivity index (χ2n) is 8.49. The molecule has 1 saturated heterocycles. The molecule has 3 aromatic heterocycles. The van der Waals surface area contributed by atoms with Crippen LogP contribution in [0, 0.1) is 11.6 Å². The Morgan fingerprint density at radius 3 is 2.72 bits per heavy atom. The maximum Gasteiger partial charge on any atom is 0.332 e. The zero-order chi connectivity index (χ0) is 22.6. The zero-order valence-electron chi connectivity index (χ0n) is 17.6. The van der Waals surface area contributed by atoms with Crippen LogP contribution in [0.3, 0.4) is 0 Å². The fraction of sp³-hybridized carbons (Fsp3) is 0.348. The molecule has 166 valence electrons. The molecule has 1 aliphatic rings. The first-order chi connectivity index (χ1) is 15.3. The number of carboxylic acid groups (broad SMARTS) is 1. The number of pyridine rings is 1. The molecule has 0 aliphatic carbocycles. The van der Waals surface area contributed by atoms with Gasteiger partial charge in [0.25, 0.3) is 0 Å². The van der Waals surface area contributed by atoms with E-state index in [0.717, 1.165) is 33.7 Å². The topological polar surface area (TPSA) is 93.0 Å². The number of benzene rings is 1. The Morgan fingerprint density at radius 1 is 1.25 bits per heavy atom. The highest BCUT2D eigenvalue weighted by Crippen LogP contribution is 2.41. The first-order valence-corrected chi connectivity index (χ1v) is 10.5. The van der Waals surface area contributed by atoms with Gasteiger partial charge < -0.3 is 14.4 Å². The van der Waals surface area contributed by atoms with Crippen molar-refractivity contribution in [2.75, 3.05) is 6.61 Å². The maximum atomic E-state index is 14.2. The van der Waals surface area contributed by atoms with Gasteiger partial charge in [0, 0.05) is 34.3 Å². The van der Waals surface area contributed by atoms with Crippen LogP contribution in [-0.4, -0.2) is 43.5 Å². The summed E-state index contributed by atoms with van der Waals surface area (Å²) in [6.45, 7) is 4.31. The van der Waals surface area contributed by atoms with E-state index in [1.165, 1.54) is 6.07 Å². The van der Waals surface area contributed by atoms with Gasteiger partial charge in [-0.05, 0) is 37.0 Å². The van der Waals surface area contributed by atoms with Crippen molar-refractivity contribution in [2.45, 2.75) is 44.6 Å². The third-order valence-corrected chi connectivity index (χ3v) is 6.09. The van der Waals surface area contributed by atoms with Gasteiger partial charge in [-0.25, -0.2) is 18.6 Å². The summed E-state index contributed by atoms with van der Waals surface area (Å²) in [6, 6.07) is 5.78. The standard InChI is InChI=1S/C23H22F2N4O3/c1-11(2)21-19(12-3-6-18(23(30)31)32-10-12)20-17(7-13-9-26-28-22(13)27-20)29(21)14-4-5-15(24)16(25)8-14/h4-5,7-9,11-12,18H,3,6,10H2,1-2H3,(H,30,31)(H,26,27,28). The predicted molar refractivity (Wildman–Crippen MR) is 114 cm³/mol. The van der Waals surface area contributed by atoms with E-state index in [9.17, 15) is 18.7 Å². The summed E-state index contributed by atoms with van der Waals surface area (Å²) in [5.41, 5.74) is 4.45. The molecule has 5 rings (SSSR count). The molecule has 9 heteroatoms. The van der Waals surface area contributed by atoms with Gasteiger partial charge in [0.15, 0.2) is 23.4 Å². The first kappa shape index (κ1) is 20.6. The van der Waals surface area contributed by atoms with Crippen LogP contribution < -0.4 is 0 Å². The average molecular weight is 440 g/mol. The minimum atomic E-state index is -0.964. The van der Waals surface area contributed by atoms with Crippen LogP contribution in [0.5, 0.6) is 0 Å². The molecule has 2 atom stereocenters. The van der Waals surface area contributed by atoms with Crippen molar-refractivity contribution in [3.63, 3.8) is 0 Å². The number of nitrogens with zero attached hydrogens (tertiary/aromatic N) is 3. The summed E-state index contributed by atoms with van der Waals surface area (Å²) in [6.07, 6.45) is 1.86. The van der Waals surface area contributed by atoms with Crippen LogP contribution in [0.2, 0.25) is 0 Å². The fourth-order valence-electron chi connectivity index (χ4n) is 4.66. The van der Waals surface area contributed by atoms with Crippen molar-refractivity contribution in [3.8, 4) is 5.69 Å². The maximum absolute atomic E-state index is 14.2. The van der Waals surface area contributed by atoms with E-state index in [-0.39, 0.29) is 18.4 Å². The van der Waals surface area contributed by atoms with Crippen molar-refractivity contribution < 1.29 is 23.4 Å². The molecule has 2 N–H and O–H groups in total. The van der Waals surface area contributed by atoms with E-state index in [0.29, 0.717) is 24.2 Å². The van der Waals surface area contributed by atoms with Crippen LogP contribution >= 0.6 is 0 Å². The Hall–Kier alpha value is -3.33. The number of hydrogen-bond donors (Lipinski definition) is 2. The number of aromatic nitrogens is 4. The Morgan fingerprint density at radius 2 is 2.06 bits per heavy atom. The Balaban J connectivity index is 1.78. The molecule has 1 fully saturated rings. The fourth-order valence-corrected chi connectivity index (χ4v) is 4.66. The number of hydrogen-bond acceptors (Lipinski definition) is 4. The van der Waals surface area contributed by atoms with Gasteiger partial charge in [0.1, 0.15) is 0 Å². The highest BCUT2D eigenvalue weighted by molar-refractivity contribution is 5.93. The minimum absolute atomic E-state index is 0.0287. The lowest BCUT2D eigenvalue weighted by atomic mass is 9.88. The lowest BCUT2D eigenvalue weighted by molar-refractivity contribution is -0.153. The van der Waals surface area contributed by atoms with Crippen LogP contribution in [-0.2, 0) is 9.53 Å². The predicted octanol–water partition coefficient (Wildman–Crippen LogP) is 4.65. The van der Waals surface area contributed by atoms with Crippen LogP contribution in [0.4, 0.5) is 8.78 Å². The number of ether oxygens (including phenoxy) is 1. The third kappa shape index (κ3) is 3.24. The number of rotatable bonds is 4. The average Bonchev–Trinajstić information content (AvgIpc) is 3.36. The summed E-state index contributed by atoms with van der Waals surface area (Å²) < 4.78 is 35.4. The summed E-state index contributed by atoms with van der Waals surface area (Å²) in [7, 11) is 0. The van der Waals surface area contributed by atoms with Crippen molar-refractivity contribution in [2.24, 2.45) is 0 Å². The van der Waals surface area contributed by atoms with E-state index in [1.807, 2.05) is 24.5 Å². The Bertz CT molecular complexity index is 1340. The highest BCUT2D eigenvalue weighted by atomic mass is 19.2. The molecule has 0 radical (unpaired) electrons. The lowest BCUT2D eigenvalue weighted by Gasteiger charge is -2.28. The molecule has 4 aromatic rings. The van der Waals surface area contributed by atoms with E-state index in [1.54, 1.807) is 12.3 Å². The molecule has 1 aliphatic heterocycles. The molecular formula is C23H22F2N4O3. The van der Waals surface area contributed by atoms with Gasteiger partial charge >= 0.3 is 5.97 Å². The van der Waals surface area contributed by atoms with Crippen molar-refractivity contribution in [1.82, 2.24) is 19.7 Å². The number of aliphatic carboxylic acids is 1. The molecule has 0 spiro atoms. The molecule has 32 heavy (non-hydrogen) atoms. The monoisotopic (exact) mass is 440 g/mol. The van der Waals surface area contributed by atoms with Gasteiger partial charge in [0.2, 0.25) is 0 Å². The number of carbonyl (C=O) groups is 1. The minimum Gasteiger partial charge on any atom is -0.479 e. The number of carboxylic acids is 1. The van der Waals surface area contributed by atoms with Gasteiger partial charge in [-0.2, -0.15) is 5.10 Å². The molecule has 0 bridgehead atoms. The number of halogens is 2. The second kappa shape index (κ2) is 7.67. The second-order valence-corrected chi connectivity index (χ2v) is 8.49. The van der Waals surface area contributed by atoms with Crippen LogP contribution in [0.15, 0.2) is 30.5 Å².